The van der Waals surface area contributed by atoms with Crippen LogP contribution in [0.1, 0.15) is 15.9 Å². The highest BCUT2D eigenvalue weighted by Crippen LogP contribution is 2.06. The lowest BCUT2D eigenvalue weighted by atomic mass is 10.1. The third-order valence-electron chi connectivity index (χ3n) is 2.07. The third-order valence-corrected chi connectivity index (χ3v) is 2.55. The molecule has 15 heavy (non-hydrogen) atoms. The molecule has 0 saturated heterocycles. The van der Waals surface area contributed by atoms with Crippen LogP contribution in [0.5, 0.6) is 0 Å². The second-order valence-electron chi connectivity index (χ2n) is 3.14. The number of nitrogens with zero attached hydrogens (tertiary/aromatic N) is 1. The van der Waals surface area contributed by atoms with Gasteiger partial charge in [-0.15, -0.1) is 6.42 Å². The van der Waals surface area contributed by atoms with Gasteiger partial charge in [0, 0.05) is 29.1 Å². The zero-order valence-electron chi connectivity index (χ0n) is 8.53. The fourth-order valence-corrected chi connectivity index (χ4v) is 1.88. The lowest BCUT2D eigenvalue weighted by Crippen LogP contribution is -2.28. The van der Waals surface area contributed by atoms with E-state index in [-0.39, 0.29) is 5.91 Å². The second kappa shape index (κ2) is 5.76. The number of benzene rings is 1. The van der Waals surface area contributed by atoms with Crippen molar-refractivity contribution in [2.24, 2.45) is 0 Å². The third kappa shape index (κ3) is 3.24. The highest BCUT2D eigenvalue weighted by molar-refractivity contribution is 14.1. The van der Waals surface area contributed by atoms with Gasteiger partial charge in [-0.3, -0.25) is 4.79 Å². The van der Waals surface area contributed by atoms with Crippen molar-refractivity contribution in [2.75, 3.05) is 18.0 Å². The van der Waals surface area contributed by atoms with Crippen LogP contribution < -0.4 is 0 Å². The summed E-state index contributed by atoms with van der Waals surface area (Å²) in [6.07, 6.45) is 5.24. The van der Waals surface area contributed by atoms with Crippen LogP contribution in [-0.4, -0.2) is 28.8 Å². The summed E-state index contributed by atoms with van der Waals surface area (Å²) in [4.78, 5) is 13.5. The second-order valence-corrected chi connectivity index (χ2v) is 4.22. The summed E-state index contributed by atoms with van der Waals surface area (Å²) in [7, 11) is 1.80. The topological polar surface area (TPSA) is 20.3 Å². The highest BCUT2D eigenvalue weighted by atomic mass is 127. The van der Waals surface area contributed by atoms with E-state index in [1.807, 2.05) is 0 Å². The molecule has 0 bridgehead atoms. The van der Waals surface area contributed by atoms with Gasteiger partial charge in [-0.1, -0.05) is 28.5 Å². The minimum absolute atomic E-state index is 0.0373. The summed E-state index contributed by atoms with van der Waals surface area (Å²) in [5.74, 6) is 2.56. The SMILES string of the molecule is C#Cc1ccc(C(=O)N(C)CCI)cc1. The normalized spacial score (nSPS) is 9.40. The monoisotopic (exact) mass is 313 g/mol. The molecule has 0 spiro atoms. The van der Waals surface area contributed by atoms with Gasteiger partial charge < -0.3 is 4.90 Å². The van der Waals surface area contributed by atoms with E-state index in [0.717, 1.165) is 16.5 Å². The van der Waals surface area contributed by atoms with E-state index in [0.29, 0.717) is 5.56 Å². The van der Waals surface area contributed by atoms with Crippen LogP contribution in [0.15, 0.2) is 24.3 Å². The van der Waals surface area contributed by atoms with Crippen molar-refractivity contribution < 1.29 is 4.79 Å². The first-order chi connectivity index (χ1) is 7.19. The molecule has 0 aliphatic heterocycles. The Hall–Kier alpha value is -1.02. The number of carbonyl (C=O) groups excluding carboxylic acids is 1. The molecular formula is C12H12INO. The Morgan fingerprint density at radius 3 is 2.53 bits per heavy atom. The van der Waals surface area contributed by atoms with Crippen LogP contribution in [0.2, 0.25) is 0 Å². The maximum Gasteiger partial charge on any atom is 0.253 e. The minimum atomic E-state index is 0.0373. The van der Waals surface area contributed by atoms with Gasteiger partial charge in [0.1, 0.15) is 0 Å². The van der Waals surface area contributed by atoms with Crippen LogP contribution in [0.3, 0.4) is 0 Å². The maximum absolute atomic E-state index is 11.8. The van der Waals surface area contributed by atoms with E-state index in [1.54, 1.807) is 36.2 Å². The number of halogens is 1. The van der Waals surface area contributed by atoms with Crippen molar-refractivity contribution in [1.82, 2.24) is 4.90 Å². The summed E-state index contributed by atoms with van der Waals surface area (Å²) in [6.45, 7) is 0.760. The Labute approximate surface area is 104 Å². The van der Waals surface area contributed by atoms with Crippen LogP contribution in [0.4, 0.5) is 0 Å². The molecule has 1 aromatic carbocycles. The fourth-order valence-electron chi connectivity index (χ4n) is 1.16. The van der Waals surface area contributed by atoms with Crippen molar-refractivity contribution >= 4 is 28.5 Å². The van der Waals surface area contributed by atoms with Crippen molar-refractivity contribution in [3.05, 3.63) is 35.4 Å². The number of amides is 1. The number of rotatable bonds is 3. The van der Waals surface area contributed by atoms with Crippen LogP contribution >= 0.6 is 22.6 Å². The highest BCUT2D eigenvalue weighted by Gasteiger charge is 2.09. The molecule has 2 nitrogen and oxygen atoms in total. The minimum Gasteiger partial charge on any atom is -0.341 e. The van der Waals surface area contributed by atoms with Gasteiger partial charge in [-0.05, 0) is 24.3 Å². The van der Waals surface area contributed by atoms with Gasteiger partial charge >= 0.3 is 0 Å². The molecule has 0 aliphatic carbocycles. The maximum atomic E-state index is 11.8. The molecule has 1 amide bonds. The Balaban J connectivity index is 2.79. The number of alkyl halides is 1. The quantitative estimate of drug-likeness (QED) is 0.476. The molecule has 1 rings (SSSR count). The largest absolute Gasteiger partial charge is 0.341 e. The lowest BCUT2D eigenvalue weighted by Gasteiger charge is -2.15. The summed E-state index contributed by atoms with van der Waals surface area (Å²) in [5, 5.41) is 0. The van der Waals surface area contributed by atoms with Crippen molar-refractivity contribution in [3.8, 4) is 12.3 Å². The lowest BCUT2D eigenvalue weighted by molar-refractivity contribution is 0.0804. The first kappa shape index (κ1) is 12.1. The zero-order valence-corrected chi connectivity index (χ0v) is 10.7. The van der Waals surface area contributed by atoms with Crippen LogP contribution in [0.25, 0.3) is 0 Å². The standard InChI is InChI=1S/C12H12INO/c1-3-10-4-6-11(7-5-10)12(15)14(2)9-8-13/h1,4-7H,8-9H2,2H3. The van der Waals surface area contributed by atoms with Gasteiger partial charge in [0.05, 0.1) is 0 Å². The zero-order chi connectivity index (χ0) is 11.3. The predicted octanol–water partition coefficient (Wildman–Crippen LogP) is 2.17. The number of terminal acetylenes is 1. The predicted molar refractivity (Wildman–Crippen MR) is 70.2 cm³/mol. The first-order valence-electron chi connectivity index (χ1n) is 4.57. The van der Waals surface area contributed by atoms with Gasteiger partial charge in [-0.2, -0.15) is 0 Å². The summed E-state index contributed by atoms with van der Waals surface area (Å²) >= 11 is 2.25. The Morgan fingerprint density at radius 2 is 2.07 bits per heavy atom. The fraction of sp³-hybridized carbons (Fsp3) is 0.250. The van der Waals surface area contributed by atoms with E-state index in [9.17, 15) is 4.79 Å². The molecule has 0 heterocycles. The molecule has 0 saturated carbocycles. The van der Waals surface area contributed by atoms with E-state index in [1.165, 1.54) is 0 Å². The van der Waals surface area contributed by atoms with Crippen LogP contribution in [-0.2, 0) is 0 Å². The van der Waals surface area contributed by atoms with Crippen LogP contribution in [0, 0.1) is 12.3 Å². The molecule has 0 N–H and O–H groups in total. The van der Waals surface area contributed by atoms with Gasteiger partial charge in [-0.25, -0.2) is 0 Å². The number of carbonyl (C=O) groups is 1. The summed E-state index contributed by atoms with van der Waals surface area (Å²) in [6, 6.07) is 7.10. The molecule has 0 fully saturated rings. The molecule has 3 heteroatoms. The number of hydrogen-bond donors (Lipinski definition) is 0. The molecule has 0 unspecified atom stereocenters. The Bertz CT molecular complexity index is 378. The molecule has 78 valence electrons. The molecular weight excluding hydrogens is 301 g/mol. The van der Waals surface area contributed by atoms with E-state index < -0.39 is 0 Å². The van der Waals surface area contributed by atoms with Crippen molar-refractivity contribution in [3.63, 3.8) is 0 Å². The average molecular weight is 313 g/mol. The van der Waals surface area contributed by atoms with Crippen molar-refractivity contribution in [2.45, 2.75) is 0 Å². The first-order valence-corrected chi connectivity index (χ1v) is 6.09. The van der Waals surface area contributed by atoms with E-state index in [4.69, 9.17) is 6.42 Å². The smallest absolute Gasteiger partial charge is 0.253 e. The molecule has 1 aromatic rings. The van der Waals surface area contributed by atoms with Gasteiger partial charge in [0.2, 0.25) is 0 Å². The number of hydrogen-bond acceptors (Lipinski definition) is 1. The summed E-state index contributed by atoms with van der Waals surface area (Å²) < 4.78 is 0.933. The molecule has 0 radical (unpaired) electrons. The van der Waals surface area contributed by atoms with E-state index in [2.05, 4.69) is 28.5 Å². The van der Waals surface area contributed by atoms with Gasteiger partial charge in [0.15, 0.2) is 0 Å². The van der Waals surface area contributed by atoms with E-state index >= 15 is 0 Å². The average Bonchev–Trinajstić information content (AvgIpc) is 2.28. The van der Waals surface area contributed by atoms with Gasteiger partial charge in [0.25, 0.3) is 5.91 Å². The molecule has 0 aliphatic rings. The Morgan fingerprint density at radius 1 is 1.47 bits per heavy atom. The molecule has 0 atom stereocenters. The summed E-state index contributed by atoms with van der Waals surface area (Å²) in [5.41, 5.74) is 1.48. The Kier molecular flexibility index (Phi) is 4.63. The molecule has 0 aromatic heterocycles. The van der Waals surface area contributed by atoms with Crippen molar-refractivity contribution in [1.29, 1.82) is 0 Å².